The maximum Gasteiger partial charge on any atom is 0.123 e. The predicted molar refractivity (Wildman–Crippen MR) is 84.5 cm³/mol. The van der Waals surface area contributed by atoms with Gasteiger partial charge in [-0.05, 0) is 41.5 Å². The van der Waals surface area contributed by atoms with Gasteiger partial charge in [0.1, 0.15) is 11.9 Å². The highest BCUT2D eigenvalue weighted by atomic mass is 16.5. The first-order chi connectivity index (χ1) is 10.3. The number of nitrogens with two attached hydrogens (primary N) is 1. The molecule has 0 aromatic heterocycles. The number of benzene rings is 2. The molecule has 2 aromatic rings. The summed E-state index contributed by atoms with van der Waals surface area (Å²) in [5, 5.41) is 0. The molecule has 0 amide bonds. The third-order valence-electron chi connectivity index (χ3n) is 4.97. The Balaban J connectivity index is 1.60. The highest BCUT2D eigenvalue weighted by Gasteiger charge is 2.32. The van der Waals surface area contributed by atoms with Crippen molar-refractivity contribution in [2.24, 2.45) is 5.73 Å². The van der Waals surface area contributed by atoms with E-state index < -0.39 is 0 Å². The molecule has 2 unspecified atom stereocenters. The molecule has 0 radical (unpaired) electrons. The van der Waals surface area contributed by atoms with E-state index in [1.807, 2.05) is 12.1 Å². The van der Waals surface area contributed by atoms with E-state index in [0.717, 1.165) is 12.2 Å². The molecule has 0 bridgehead atoms. The molecule has 2 nitrogen and oxygen atoms in total. The van der Waals surface area contributed by atoms with E-state index in [1.165, 1.54) is 36.0 Å². The van der Waals surface area contributed by atoms with Gasteiger partial charge in [0.2, 0.25) is 0 Å². The Labute approximate surface area is 125 Å². The van der Waals surface area contributed by atoms with E-state index >= 15 is 0 Å². The van der Waals surface area contributed by atoms with Crippen molar-refractivity contribution in [2.45, 2.75) is 43.7 Å². The first-order valence-electron chi connectivity index (χ1n) is 7.92. The van der Waals surface area contributed by atoms with Crippen LogP contribution in [0, 0.1) is 0 Å². The molecule has 1 aliphatic heterocycles. The maximum absolute atomic E-state index is 6.57. The summed E-state index contributed by atoms with van der Waals surface area (Å²) in [6.07, 6.45) is 4.92. The van der Waals surface area contributed by atoms with Gasteiger partial charge in [-0.25, -0.2) is 0 Å². The fourth-order valence-corrected chi connectivity index (χ4v) is 3.51. The van der Waals surface area contributed by atoms with Crippen LogP contribution in [0.4, 0.5) is 0 Å². The van der Waals surface area contributed by atoms with Crippen molar-refractivity contribution >= 4 is 0 Å². The fraction of sp³-hybridized carbons (Fsp3) is 0.368. The number of hydrogen-bond donors (Lipinski definition) is 1. The van der Waals surface area contributed by atoms with Crippen molar-refractivity contribution in [3.8, 4) is 5.75 Å². The van der Waals surface area contributed by atoms with Crippen LogP contribution < -0.4 is 10.5 Å². The van der Waals surface area contributed by atoms with Crippen LogP contribution in [0.15, 0.2) is 48.5 Å². The van der Waals surface area contributed by atoms with Crippen molar-refractivity contribution in [2.75, 3.05) is 0 Å². The fourth-order valence-electron chi connectivity index (χ4n) is 3.51. The minimum absolute atomic E-state index is 0.0470. The molecule has 1 fully saturated rings. The van der Waals surface area contributed by atoms with Crippen molar-refractivity contribution in [1.29, 1.82) is 0 Å². The third-order valence-corrected chi connectivity index (χ3v) is 4.97. The van der Waals surface area contributed by atoms with Crippen molar-refractivity contribution < 1.29 is 4.74 Å². The molecule has 21 heavy (non-hydrogen) atoms. The Hall–Kier alpha value is -1.80. The number of rotatable bonds is 3. The predicted octanol–water partition coefficient (Wildman–Crippen LogP) is 3.96. The standard InChI is InChI=1S/C19H21NO/c20-19(18-12-14-6-1-4-11-17(14)21-18)16-10-3-2-9-15(16)13-7-5-8-13/h1-4,6,9-11,13,18-19H,5,7-8,12,20H2. The van der Waals surface area contributed by atoms with E-state index in [-0.39, 0.29) is 12.1 Å². The van der Waals surface area contributed by atoms with Gasteiger partial charge in [0.15, 0.2) is 0 Å². The van der Waals surface area contributed by atoms with Crippen LogP contribution in [-0.4, -0.2) is 6.10 Å². The molecule has 108 valence electrons. The van der Waals surface area contributed by atoms with E-state index in [1.54, 1.807) is 0 Å². The lowest BCUT2D eigenvalue weighted by molar-refractivity contribution is 0.198. The minimum Gasteiger partial charge on any atom is -0.488 e. The molecule has 0 spiro atoms. The smallest absolute Gasteiger partial charge is 0.123 e. The Morgan fingerprint density at radius 1 is 1.00 bits per heavy atom. The zero-order chi connectivity index (χ0) is 14.2. The summed E-state index contributed by atoms with van der Waals surface area (Å²) >= 11 is 0. The molecule has 1 saturated carbocycles. The zero-order valence-electron chi connectivity index (χ0n) is 12.2. The molecular formula is C19H21NO. The molecular weight excluding hydrogens is 258 g/mol. The quantitative estimate of drug-likeness (QED) is 0.923. The lowest BCUT2D eigenvalue weighted by atomic mass is 9.76. The third kappa shape index (κ3) is 2.24. The number of ether oxygens (including phenoxy) is 1. The summed E-state index contributed by atoms with van der Waals surface area (Å²) in [7, 11) is 0. The second kappa shape index (κ2) is 5.19. The summed E-state index contributed by atoms with van der Waals surface area (Å²) in [6.45, 7) is 0. The average molecular weight is 279 g/mol. The largest absolute Gasteiger partial charge is 0.488 e. The average Bonchev–Trinajstić information content (AvgIpc) is 2.89. The highest BCUT2D eigenvalue weighted by molar-refractivity contribution is 5.40. The molecule has 2 N–H and O–H groups in total. The molecule has 2 aromatic carbocycles. The van der Waals surface area contributed by atoms with Crippen molar-refractivity contribution in [3.63, 3.8) is 0 Å². The van der Waals surface area contributed by atoms with Gasteiger partial charge in [-0.2, -0.15) is 0 Å². The monoisotopic (exact) mass is 279 g/mol. The van der Waals surface area contributed by atoms with Gasteiger partial charge < -0.3 is 10.5 Å². The lowest BCUT2D eigenvalue weighted by Crippen LogP contribution is -2.31. The first-order valence-corrected chi connectivity index (χ1v) is 7.92. The van der Waals surface area contributed by atoms with Crippen LogP contribution >= 0.6 is 0 Å². The Morgan fingerprint density at radius 3 is 2.52 bits per heavy atom. The van der Waals surface area contributed by atoms with Gasteiger partial charge in [-0.1, -0.05) is 48.9 Å². The summed E-state index contributed by atoms with van der Waals surface area (Å²) in [6, 6.07) is 16.9. The van der Waals surface area contributed by atoms with Crippen molar-refractivity contribution in [1.82, 2.24) is 0 Å². The number of fused-ring (bicyclic) bond motifs is 1. The summed E-state index contributed by atoms with van der Waals surface area (Å²) in [5.74, 6) is 1.70. The van der Waals surface area contributed by atoms with Crippen LogP contribution in [0.1, 0.15) is 47.9 Å². The van der Waals surface area contributed by atoms with Crippen LogP contribution in [0.25, 0.3) is 0 Å². The van der Waals surface area contributed by atoms with Gasteiger partial charge in [0.25, 0.3) is 0 Å². The Bertz CT molecular complexity index is 623. The van der Waals surface area contributed by atoms with Crippen LogP contribution in [0.3, 0.4) is 0 Å². The van der Waals surface area contributed by atoms with Gasteiger partial charge in [-0.15, -0.1) is 0 Å². The lowest BCUT2D eigenvalue weighted by Gasteiger charge is -2.30. The second-order valence-corrected chi connectivity index (χ2v) is 6.25. The van der Waals surface area contributed by atoms with Crippen LogP contribution in [0.2, 0.25) is 0 Å². The highest BCUT2D eigenvalue weighted by Crippen LogP contribution is 2.41. The molecule has 2 heteroatoms. The minimum atomic E-state index is -0.0470. The zero-order valence-corrected chi connectivity index (χ0v) is 12.2. The molecule has 2 atom stereocenters. The maximum atomic E-state index is 6.57. The summed E-state index contributed by atoms with van der Waals surface area (Å²) in [4.78, 5) is 0. The molecule has 1 heterocycles. The van der Waals surface area contributed by atoms with Crippen LogP contribution in [0.5, 0.6) is 5.75 Å². The van der Waals surface area contributed by atoms with Gasteiger partial charge >= 0.3 is 0 Å². The van der Waals surface area contributed by atoms with E-state index in [9.17, 15) is 0 Å². The van der Waals surface area contributed by atoms with Gasteiger partial charge in [0.05, 0.1) is 6.04 Å². The Kier molecular flexibility index (Phi) is 3.19. The van der Waals surface area contributed by atoms with Crippen molar-refractivity contribution in [3.05, 3.63) is 65.2 Å². The van der Waals surface area contributed by atoms with E-state index in [2.05, 4.69) is 36.4 Å². The van der Waals surface area contributed by atoms with Gasteiger partial charge in [0, 0.05) is 6.42 Å². The second-order valence-electron chi connectivity index (χ2n) is 6.25. The summed E-state index contributed by atoms with van der Waals surface area (Å²) in [5.41, 5.74) is 10.6. The first kappa shape index (κ1) is 12.9. The Morgan fingerprint density at radius 2 is 1.76 bits per heavy atom. The molecule has 1 aliphatic carbocycles. The van der Waals surface area contributed by atoms with Gasteiger partial charge in [-0.3, -0.25) is 0 Å². The molecule has 2 aliphatic rings. The molecule has 4 rings (SSSR count). The topological polar surface area (TPSA) is 35.2 Å². The summed E-state index contributed by atoms with van der Waals surface area (Å²) < 4.78 is 6.08. The molecule has 0 saturated heterocycles. The number of hydrogen-bond acceptors (Lipinski definition) is 2. The SMILES string of the molecule is NC(c1ccccc1C1CCC1)C1Cc2ccccc2O1. The van der Waals surface area contributed by atoms with E-state index in [0.29, 0.717) is 5.92 Å². The van der Waals surface area contributed by atoms with E-state index in [4.69, 9.17) is 10.5 Å². The normalized spacial score (nSPS) is 22.2. The number of para-hydroxylation sites is 1. The van der Waals surface area contributed by atoms with Crippen LogP contribution in [-0.2, 0) is 6.42 Å².